The summed E-state index contributed by atoms with van der Waals surface area (Å²) in [6.07, 6.45) is 1.55. The molecule has 2 aromatic carbocycles. The Bertz CT molecular complexity index is 1460. The number of amides is 1. The topological polar surface area (TPSA) is 85.1 Å². The molecule has 3 heterocycles. The number of nitrogens with one attached hydrogen (secondary N) is 1. The Morgan fingerprint density at radius 3 is 2.29 bits per heavy atom. The van der Waals surface area contributed by atoms with Crippen LogP contribution in [0.3, 0.4) is 0 Å². The van der Waals surface area contributed by atoms with E-state index in [1.54, 1.807) is 13.1 Å². The summed E-state index contributed by atoms with van der Waals surface area (Å²) in [6, 6.07) is 18.8. The van der Waals surface area contributed by atoms with E-state index in [-0.39, 0.29) is 16.3 Å². The first kappa shape index (κ1) is 22.8. The second kappa shape index (κ2) is 9.01. The minimum absolute atomic E-state index is 0.0376. The summed E-state index contributed by atoms with van der Waals surface area (Å²) in [4.78, 5) is 37.9. The van der Waals surface area contributed by atoms with E-state index < -0.39 is 11.9 Å². The fourth-order valence-corrected chi connectivity index (χ4v) is 4.82. The van der Waals surface area contributed by atoms with Crippen LogP contribution in [0.1, 0.15) is 12.7 Å². The zero-order valence-electron chi connectivity index (χ0n) is 19.6. The van der Waals surface area contributed by atoms with Gasteiger partial charge in [0, 0.05) is 24.8 Å². The number of hydrogen-bond donors (Lipinski definition) is 1. The molecule has 1 aliphatic rings. The smallest absolute Gasteiger partial charge is 0.262 e. The molecule has 1 amide bonds. The van der Waals surface area contributed by atoms with Gasteiger partial charge in [-0.15, -0.1) is 0 Å². The van der Waals surface area contributed by atoms with Crippen molar-refractivity contribution in [2.75, 3.05) is 13.6 Å². The molecule has 5 rings (SSSR count). The molecule has 1 saturated heterocycles. The van der Waals surface area contributed by atoms with Gasteiger partial charge < -0.3 is 14.8 Å². The fraction of sp³-hybridized carbons (Fsp3) is 0.192. The Kier molecular flexibility index (Phi) is 5.88. The number of Topliss-reactive ketones (excluding diaryl/α,β-unsaturated/α-hetero) is 1. The van der Waals surface area contributed by atoms with Gasteiger partial charge >= 0.3 is 0 Å². The van der Waals surface area contributed by atoms with Crippen LogP contribution in [0.4, 0.5) is 0 Å². The molecule has 1 aliphatic heterocycles. The number of para-hydroxylation sites is 1. The van der Waals surface area contributed by atoms with Crippen LogP contribution >= 0.6 is 12.2 Å². The number of ketones is 1. The largest absolute Gasteiger partial charge is 0.310 e. The van der Waals surface area contributed by atoms with Crippen LogP contribution in [0.15, 0.2) is 66.2 Å². The molecule has 0 aliphatic carbocycles. The Labute approximate surface area is 207 Å². The molecule has 8 nitrogen and oxygen atoms in total. The number of likely N-dealkylation sites (N-methyl/N-ethyl adjacent to an activating group) is 2. The summed E-state index contributed by atoms with van der Waals surface area (Å²) in [6.45, 7) is 2.20. The predicted molar refractivity (Wildman–Crippen MR) is 139 cm³/mol. The zero-order chi connectivity index (χ0) is 24.7. The van der Waals surface area contributed by atoms with Crippen LogP contribution in [0.25, 0.3) is 34.4 Å². The highest BCUT2D eigenvalue weighted by Crippen LogP contribution is 2.28. The van der Waals surface area contributed by atoms with Crippen LogP contribution in [0.5, 0.6) is 0 Å². The minimum atomic E-state index is -0.744. The second-order valence-electron chi connectivity index (χ2n) is 8.18. The highest BCUT2D eigenvalue weighted by molar-refractivity contribution is 7.80. The number of benzene rings is 2. The number of aryl methyl sites for hydroxylation is 1. The van der Waals surface area contributed by atoms with Gasteiger partial charge in [-0.3, -0.25) is 14.2 Å². The van der Waals surface area contributed by atoms with Crippen LogP contribution < -0.4 is 5.32 Å². The number of piperidine rings is 1. The first-order valence-corrected chi connectivity index (χ1v) is 11.7. The Balaban J connectivity index is 1.74. The number of aromatic nitrogens is 4. The third-order valence-electron chi connectivity index (χ3n) is 6.15. The summed E-state index contributed by atoms with van der Waals surface area (Å²) in [7, 11) is 3.56. The Morgan fingerprint density at radius 2 is 1.66 bits per heavy atom. The molecule has 0 radical (unpaired) electrons. The molecule has 2 aromatic heterocycles. The molecule has 0 spiro atoms. The van der Waals surface area contributed by atoms with Crippen molar-refractivity contribution in [3.8, 4) is 17.1 Å². The van der Waals surface area contributed by atoms with Gasteiger partial charge in [0.15, 0.2) is 17.1 Å². The van der Waals surface area contributed by atoms with Gasteiger partial charge in [0.2, 0.25) is 0 Å². The van der Waals surface area contributed by atoms with Crippen molar-refractivity contribution in [1.82, 2.24) is 29.3 Å². The molecular formula is C26H24N6O2S. The number of nitrogens with zero attached hydrogens (tertiary/aromatic N) is 5. The zero-order valence-corrected chi connectivity index (χ0v) is 20.4. The highest BCUT2D eigenvalue weighted by atomic mass is 32.1. The summed E-state index contributed by atoms with van der Waals surface area (Å²) >= 11 is 5.40. The second-order valence-corrected chi connectivity index (χ2v) is 8.60. The van der Waals surface area contributed by atoms with Crippen molar-refractivity contribution in [2.45, 2.75) is 13.0 Å². The maximum atomic E-state index is 13.2. The molecular weight excluding hydrogens is 460 g/mol. The van der Waals surface area contributed by atoms with E-state index in [1.165, 1.54) is 4.90 Å². The van der Waals surface area contributed by atoms with Gasteiger partial charge in [0.25, 0.3) is 5.91 Å². The Hall–Kier alpha value is -3.95. The third-order valence-corrected chi connectivity index (χ3v) is 6.61. The van der Waals surface area contributed by atoms with E-state index in [0.29, 0.717) is 23.7 Å². The number of rotatable bonds is 5. The average molecular weight is 485 g/mol. The summed E-state index contributed by atoms with van der Waals surface area (Å²) in [5, 5.41) is 2.94. The SMILES string of the molecule is CCN1C(=O)/C(=C/c2nc3c(nc(-c4ccccc4)n3C)n2-c2ccccc2)C(=O)C(NC)C1=S. The molecule has 1 fully saturated rings. The first-order valence-electron chi connectivity index (χ1n) is 11.3. The summed E-state index contributed by atoms with van der Waals surface area (Å²) < 4.78 is 3.79. The maximum Gasteiger partial charge on any atom is 0.262 e. The molecule has 9 heteroatoms. The standard InChI is InChI=1S/C26H24N6O2S/c1-4-31-25(34)18(21(33)20(27-2)26(31)35)15-19-28-23-24(32(19)17-13-9-6-10-14-17)29-22(30(23)3)16-11-7-5-8-12-16/h5-15,20,27H,4H2,1-3H3/b18-15+. The van der Waals surface area contributed by atoms with Crippen LogP contribution in [-0.4, -0.2) is 60.3 Å². The quantitative estimate of drug-likeness (QED) is 0.266. The van der Waals surface area contributed by atoms with E-state index in [2.05, 4.69) is 5.32 Å². The summed E-state index contributed by atoms with van der Waals surface area (Å²) in [5.74, 6) is 0.435. The average Bonchev–Trinajstić information content (AvgIpc) is 3.39. The summed E-state index contributed by atoms with van der Waals surface area (Å²) in [5.41, 5.74) is 3.10. The van der Waals surface area contributed by atoms with Gasteiger partial charge in [-0.05, 0) is 32.2 Å². The number of likely N-dealkylation sites (tertiary alicyclic amines) is 1. The number of fused-ring (bicyclic) bond motifs is 1. The number of carbonyl (C=O) groups excluding carboxylic acids is 2. The van der Waals surface area contributed by atoms with Gasteiger partial charge in [-0.1, -0.05) is 60.7 Å². The van der Waals surface area contributed by atoms with E-state index in [4.69, 9.17) is 22.2 Å². The lowest BCUT2D eigenvalue weighted by molar-refractivity contribution is -0.128. The lowest BCUT2D eigenvalue weighted by atomic mass is 9.97. The molecule has 1 atom stereocenters. The van der Waals surface area contributed by atoms with Gasteiger partial charge in [-0.25, -0.2) is 9.97 Å². The molecule has 0 bridgehead atoms. The molecule has 35 heavy (non-hydrogen) atoms. The van der Waals surface area contributed by atoms with Gasteiger partial charge in [-0.2, -0.15) is 0 Å². The van der Waals surface area contributed by atoms with Crippen molar-refractivity contribution in [1.29, 1.82) is 0 Å². The monoisotopic (exact) mass is 484 g/mol. The van der Waals surface area contributed by atoms with Crippen molar-refractivity contribution in [2.24, 2.45) is 7.05 Å². The number of hydrogen-bond acceptors (Lipinski definition) is 6. The first-order chi connectivity index (χ1) is 17.0. The molecule has 4 aromatic rings. The number of imidazole rings is 2. The lowest BCUT2D eigenvalue weighted by Gasteiger charge is -2.32. The molecule has 176 valence electrons. The van der Waals surface area contributed by atoms with Gasteiger partial charge in [0.1, 0.15) is 22.7 Å². The molecule has 1 unspecified atom stereocenters. The van der Waals surface area contributed by atoms with E-state index in [0.717, 1.165) is 17.1 Å². The molecule has 0 saturated carbocycles. The van der Waals surface area contributed by atoms with Gasteiger partial charge in [0.05, 0.1) is 5.57 Å². The fourth-order valence-electron chi connectivity index (χ4n) is 4.38. The van der Waals surface area contributed by atoms with Crippen molar-refractivity contribution < 1.29 is 9.59 Å². The lowest BCUT2D eigenvalue weighted by Crippen LogP contribution is -2.57. The normalized spacial score (nSPS) is 17.7. The van der Waals surface area contributed by atoms with Crippen molar-refractivity contribution >= 4 is 46.3 Å². The minimum Gasteiger partial charge on any atom is -0.310 e. The van der Waals surface area contributed by atoms with E-state index in [9.17, 15) is 9.59 Å². The third kappa shape index (κ3) is 3.69. The van der Waals surface area contributed by atoms with E-state index in [1.807, 2.05) is 83.8 Å². The number of thiocarbonyl (C=S) groups is 1. The van der Waals surface area contributed by atoms with Crippen LogP contribution in [-0.2, 0) is 16.6 Å². The maximum absolute atomic E-state index is 13.2. The number of carbonyl (C=O) groups is 2. The predicted octanol–water partition coefficient (Wildman–Crippen LogP) is 3.16. The Morgan fingerprint density at radius 1 is 1.00 bits per heavy atom. The van der Waals surface area contributed by atoms with Crippen molar-refractivity contribution in [3.63, 3.8) is 0 Å². The van der Waals surface area contributed by atoms with Crippen LogP contribution in [0.2, 0.25) is 0 Å². The van der Waals surface area contributed by atoms with E-state index >= 15 is 0 Å². The highest BCUT2D eigenvalue weighted by Gasteiger charge is 2.40. The van der Waals surface area contributed by atoms with Crippen molar-refractivity contribution in [3.05, 3.63) is 72.1 Å². The van der Waals surface area contributed by atoms with Crippen LogP contribution in [0, 0.1) is 0 Å². The molecule has 1 N–H and O–H groups in total.